The van der Waals surface area contributed by atoms with Crippen molar-refractivity contribution in [2.45, 2.75) is 6.92 Å². The molecule has 0 amide bonds. The molecule has 40 heavy (non-hydrogen) atoms. The van der Waals surface area contributed by atoms with Crippen molar-refractivity contribution in [3.05, 3.63) is 151 Å². The van der Waals surface area contributed by atoms with Crippen LogP contribution in [0, 0.1) is 0 Å². The third kappa shape index (κ3) is 3.77. The van der Waals surface area contributed by atoms with Gasteiger partial charge in [-0.25, -0.2) is 0 Å². The second-order valence-electron chi connectivity index (χ2n) is 10.1. The van der Waals surface area contributed by atoms with Gasteiger partial charge in [0.15, 0.2) is 5.78 Å². The summed E-state index contributed by atoms with van der Waals surface area (Å²) in [5.41, 5.74) is 11.6. The van der Waals surface area contributed by atoms with Gasteiger partial charge in [-0.1, -0.05) is 127 Å². The fourth-order valence-electron chi connectivity index (χ4n) is 6.11. The van der Waals surface area contributed by atoms with Gasteiger partial charge in [0.25, 0.3) is 0 Å². The number of hydrogen-bond acceptors (Lipinski definition) is 1. The van der Waals surface area contributed by atoms with Crippen LogP contribution in [0.5, 0.6) is 0 Å². The van der Waals surface area contributed by atoms with Crippen molar-refractivity contribution in [3.63, 3.8) is 0 Å². The molecule has 2 heteroatoms. The number of nitrogens with zero attached hydrogens (tertiary/aromatic N) is 1. The van der Waals surface area contributed by atoms with E-state index < -0.39 is 0 Å². The summed E-state index contributed by atoms with van der Waals surface area (Å²) in [6.45, 7) is 1.69. The summed E-state index contributed by atoms with van der Waals surface area (Å²) in [6.07, 6.45) is 2.09. The van der Waals surface area contributed by atoms with E-state index in [-0.39, 0.29) is 5.78 Å². The molecule has 7 aromatic rings. The smallest absolute Gasteiger partial charge is 0.162 e. The molecule has 0 radical (unpaired) electrons. The molecule has 0 aliphatic carbocycles. The minimum absolute atomic E-state index is 0.0568. The Hall–Kier alpha value is -5.21. The lowest BCUT2D eigenvalue weighted by Crippen LogP contribution is -1.99. The average Bonchev–Trinajstić information content (AvgIpc) is 3.37. The van der Waals surface area contributed by atoms with Crippen molar-refractivity contribution in [1.29, 1.82) is 0 Å². The lowest BCUT2D eigenvalue weighted by Gasteiger charge is -2.23. The highest BCUT2D eigenvalue weighted by Gasteiger charge is 2.29. The monoisotopic (exact) mass is 513 g/mol. The zero-order chi connectivity index (χ0) is 27.1. The maximum atomic E-state index is 13.6. The largest absolute Gasteiger partial charge is 0.315 e. The molecule has 0 unspecified atom stereocenters. The number of Topliss-reactive ketones (excluding diaryl/α,β-unsaturated/α-hetero) is 1. The number of benzene rings is 5. The molecule has 0 aliphatic rings. The van der Waals surface area contributed by atoms with Gasteiger partial charge in [0.2, 0.25) is 0 Å². The molecule has 0 bridgehead atoms. The maximum Gasteiger partial charge on any atom is 0.162 e. The predicted molar refractivity (Wildman–Crippen MR) is 167 cm³/mol. The van der Waals surface area contributed by atoms with Crippen LogP contribution >= 0.6 is 0 Å². The standard InChI is InChI=1S/C38H27NO/c1-26(40)32-31-24-14-15-25-39(31)38-36(30-22-12-5-13-23-30)34(28-18-8-3-9-19-28)33(27-16-6-2-7-17-27)35(37(32)38)29-20-10-4-11-21-29/h2-25H,1H3. The lowest BCUT2D eigenvalue weighted by molar-refractivity contribution is 0.102. The number of fused-ring (bicyclic) bond motifs is 3. The first-order valence-electron chi connectivity index (χ1n) is 13.6. The molecule has 190 valence electrons. The Morgan fingerprint density at radius 3 is 1.35 bits per heavy atom. The van der Waals surface area contributed by atoms with Crippen LogP contribution in [0.1, 0.15) is 17.3 Å². The van der Waals surface area contributed by atoms with E-state index in [0.717, 1.165) is 66.5 Å². The van der Waals surface area contributed by atoms with Crippen molar-refractivity contribution in [2.24, 2.45) is 0 Å². The highest BCUT2D eigenvalue weighted by molar-refractivity contribution is 6.26. The van der Waals surface area contributed by atoms with Crippen LogP contribution in [0.3, 0.4) is 0 Å². The van der Waals surface area contributed by atoms with Crippen LogP contribution in [-0.4, -0.2) is 10.2 Å². The first kappa shape index (κ1) is 23.9. The molecular formula is C38H27NO. The molecule has 0 spiro atoms. The minimum atomic E-state index is 0.0568. The second-order valence-corrected chi connectivity index (χ2v) is 10.1. The zero-order valence-electron chi connectivity index (χ0n) is 22.2. The molecule has 0 saturated heterocycles. The molecule has 0 saturated carbocycles. The Morgan fingerprint density at radius 2 is 0.875 bits per heavy atom. The van der Waals surface area contributed by atoms with Crippen molar-refractivity contribution < 1.29 is 4.79 Å². The van der Waals surface area contributed by atoms with E-state index in [1.165, 1.54) is 0 Å². The first-order valence-corrected chi connectivity index (χ1v) is 13.6. The van der Waals surface area contributed by atoms with Crippen molar-refractivity contribution >= 4 is 22.2 Å². The molecule has 0 atom stereocenters. The summed E-state index contributed by atoms with van der Waals surface area (Å²) in [5, 5.41) is 0.988. The van der Waals surface area contributed by atoms with Gasteiger partial charge in [-0.2, -0.15) is 0 Å². The Balaban J connectivity index is 1.87. The molecular weight excluding hydrogens is 486 g/mol. The van der Waals surface area contributed by atoms with Gasteiger partial charge in [-0.15, -0.1) is 0 Å². The van der Waals surface area contributed by atoms with E-state index >= 15 is 0 Å². The summed E-state index contributed by atoms with van der Waals surface area (Å²) in [7, 11) is 0. The molecule has 2 aromatic heterocycles. The number of hydrogen-bond donors (Lipinski definition) is 0. The van der Waals surface area contributed by atoms with Crippen LogP contribution < -0.4 is 0 Å². The van der Waals surface area contributed by atoms with Crippen molar-refractivity contribution in [2.75, 3.05) is 0 Å². The highest BCUT2D eigenvalue weighted by atomic mass is 16.1. The third-order valence-electron chi connectivity index (χ3n) is 7.68. The summed E-state index contributed by atoms with van der Waals surface area (Å²) < 4.78 is 2.21. The molecule has 7 rings (SSSR count). The van der Waals surface area contributed by atoms with E-state index in [9.17, 15) is 4.79 Å². The maximum absolute atomic E-state index is 13.6. The van der Waals surface area contributed by atoms with Crippen LogP contribution in [0.4, 0.5) is 0 Å². The number of carbonyl (C=O) groups excluding carboxylic acids is 1. The normalized spacial score (nSPS) is 11.2. The van der Waals surface area contributed by atoms with E-state index in [1.54, 1.807) is 6.92 Å². The number of pyridine rings is 1. The highest BCUT2D eigenvalue weighted by Crippen LogP contribution is 2.52. The minimum Gasteiger partial charge on any atom is -0.315 e. The second kappa shape index (κ2) is 9.83. The SMILES string of the molecule is CC(=O)c1c2c(-c3ccccc3)c(-c3ccccc3)c(-c3ccccc3)c(-c3ccccc3)c2n2ccccc12. The number of aromatic nitrogens is 1. The third-order valence-corrected chi connectivity index (χ3v) is 7.68. The summed E-state index contributed by atoms with van der Waals surface area (Å²) in [6, 6.07) is 48.4. The fraction of sp³-hybridized carbons (Fsp3) is 0.0263. The molecule has 0 aliphatic heterocycles. The summed E-state index contributed by atoms with van der Waals surface area (Å²) in [5.74, 6) is 0.0568. The van der Waals surface area contributed by atoms with Gasteiger partial charge < -0.3 is 4.40 Å². The van der Waals surface area contributed by atoms with Crippen molar-refractivity contribution in [3.8, 4) is 44.5 Å². The van der Waals surface area contributed by atoms with Crippen LogP contribution in [0.15, 0.2) is 146 Å². The van der Waals surface area contributed by atoms with Crippen LogP contribution in [0.25, 0.3) is 60.9 Å². The van der Waals surface area contributed by atoms with Crippen LogP contribution in [0.2, 0.25) is 0 Å². The molecule has 0 fully saturated rings. The van der Waals surface area contributed by atoms with E-state index in [4.69, 9.17) is 0 Å². The molecule has 0 N–H and O–H groups in total. The average molecular weight is 514 g/mol. The summed E-state index contributed by atoms with van der Waals surface area (Å²) in [4.78, 5) is 13.6. The Labute approximate surface area is 233 Å². The van der Waals surface area contributed by atoms with Gasteiger partial charge in [0, 0.05) is 28.3 Å². The number of carbonyl (C=O) groups is 1. The number of ketones is 1. The van der Waals surface area contributed by atoms with Gasteiger partial charge in [0.05, 0.1) is 16.6 Å². The Kier molecular flexibility index (Phi) is 5.87. The topological polar surface area (TPSA) is 21.5 Å². The first-order chi connectivity index (χ1) is 19.7. The zero-order valence-corrected chi connectivity index (χ0v) is 22.2. The Bertz CT molecular complexity index is 1990. The van der Waals surface area contributed by atoms with Gasteiger partial charge in [-0.3, -0.25) is 4.79 Å². The molecule has 5 aromatic carbocycles. The molecule has 2 nitrogen and oxygen atoms in total. The molecule has 2 heterocycles. The van der Waals surface area contributed by atoms with Crippen molar-refractivity contribution in [1.82, 2.24) is 4.40 Å². The van der Waals surface area contributed by atoms with Gasteiger partial charge >= 0.3 is 0 Å². The summed E-state index contributed by atoms with van der Waals surface area (Å²) >= 11 is 0. The van der Waals surface area contributed by atoms with Crippen LogP contribution in [-0.2, 0) is 0 Å². The van der Waals surface area contributed by atoms with Gasteiger partial charge in [-0.05, 0) is 46.9 Å². The van der Waals surface area contributed by atoms with E-state index in [2.05, 4.69) is 132 Å². The van der Waals surface area contributed by atoms with Gasteiger partial charge in [0.1, 0.15) is 0 Å². The number of rotatable bonds is 5. The quantitative estimate of drug-likeness (QED) is 0.210. The Morgan fingerprint density at radius 1 is 0.475 bits per heavy atom. The van der Waals surface area contributed by atoms with E-state index in [1.807, 2.05) is 18.2 Å². The fourth-order valence-corrected chi connectivity index (χ4v) is 6.11. The lowest BCUT2D eigenvalue weighted by atomic mass is 9.80. The predicted octanol–water partition coefficient (Wildman–Crippen LogP) is 9.96. The van der Waals surface area contributed by atoms with E-state index in [0.29, 0.717) is 0 Å².